The Morgan fingerprint density at radius 2 is 2.07 bits per heavy atom. The first-order valence-electron chi connectivity index (χ1n) is 4.27. The summed E-state index contributed by atoms with van der Waals surface area (Å²) < 4.78 is 0. The van der Waals surface area contributed by atoms with Crippen LogP contribution >= 0.6 is 0 Å². The molecule has 1 aromatic rings. The number of hydrogen-bond acceptors (Lipinski definition) is 3. The number of carbonyl (C=O) groups is 1. The first-order chi connectivity index (χ1) is 6.63. The maximum atomic E-state index is 10.5. The number of aliphatic carboxylic acids is 1. The monoisotopic (exact) mass is 195 g/mol. The summed E-state index contributed by atoms with van der Waals surface area (Å²) in [4.78, 5) is 15.1. The fraction of sp³-hybridized carbons (Fsp3) is 0.300. The van der Waals surface area contributed by atoms with E-state index in [0.717, 1.165) is 11.1 Å². The van der Waals surface area contributed by atoms with Gasteiger partial charge in [-0.3, -0.25) is 9.63 Å². The van der Waals surface area contributed by atoms with Crippen LogP contribution in [-0.4, -0.2) is 11.1 Å². The summed E-state index contributed by atoms with van der Waals surface area (Å²) in [5.41, 5.74) is 1.89. The molecule has 1 rings (SSSR count). The molecular weight excluding hydrogens is 182 g/mol. The normalized spacial score (nSPS) is 12.4. The Hall–Kier alpha value is -1.39. The van der Waals surface area contributed by atoms with Crippen LogP contribution in [0.4, 0.5) is 0 Å². The second-order valence-corrected chi connectivity index (χ2v) is 3.13. The minimum Gasteiger partial charge on any atom is -0.481 e. The molecule has 1 aromatic carbocycles. The van der Waals surface area contributed by atoms with Crippen LogP contribution in [0.25, 0.3) is 0 Å². The van der Waals surface area contributed by atoms with E-state index in [4.69, 9.17) is 11.0 Å². The van der Waals surface area contributed by atoms with Crippen molar-refractivity contribution in [3.05, 3.63) is 35.4 Å². The highest BCUT2D eigenvalue weighted by molar-refractivity contribution is 5.67. The lowest BCUT2D eigenvalue weighted by Gasteiger charge is -2.12. The molecule has 0 aliphatic carbocycles. The van der Waals surface area contributed by atoms with Gasteiger partial charge in [0.2, 0.25) is 0 Å². The average Bonchev–Trinajstić information content (AvgIpc) is 2.15. The molecule has 0 radical (unpaired) electrons. The third-order valence-corrected chi connectivity index (χ3v) is 1.97. The van der Waals surface area contributed by atoms with Crippen LogP contribution in [0.15, 0.2) is 24.3 Å². The Morgan fingerprint density at radius 3 is 2.50 bits per heavy atom. The fourth-order valence-corrected chi connectivity index (χ4v) is 1.18. The third-order valence-electron chi connectivity index (χ3n) is 1.97. The van der Waals surface area contributed by atoms with Crippen molar-refractivity contribution in [2.24, 2.45) is 5.90 Å². The fourth-order valence-electron chi connectivity index (χ4n) is 1.18. The lowest BCUT2D eigenvalue weighted by Crippen LogP contribution is -2.13. The molecule has 4 heteroatoms. The van der Waals surface area contributed by atoms with Crippen LogP contribution < -0.4 is 5.90 Å². The van der Waals surface area contributed by atoms with Crippen molar-refractivity contribution < 1.29 is 14.7 Å². The van der Waals surface area contributed by atoms with Gasteiger partial charge in [0.25, 0.3) is 0 Å². The van der Waals surface area contributed by atoms with Crippen molar-refractivity contribution in [1.82, 2.24) is 0 Å². The van der Waals surface area contributed by atoms with Crippen LogP contribution in [0, 0.1) is 6.92 Å². The van der Waals surface area contributed by atoms with Crippen LogP contribution in [0.3, 0.4) is 0 Å². The molecule has 0 fully saturated rings. The van der Waals surface area contributed by atoms with Gasteiger partial charge >= 0.3 is 5.97 Å². The molecule has 0 spiro atoms. The Labute approximate surface area is 82.3 Å². The molecule has 0 amide bonds. The molecular formula is C10H13NO3. The molecule has 1 unspecified atom stereocenters. The Morgan fingerprint density at radius 1 is 1.50 bits per heavy atom. The maximum absolute atomic E-state index is 10.5. The summed E-state index contributed by atoms with van der Waals surface area (Å²) in [6.07, 6.45) is -0.701. The first kappa shape index (κ1) is 10.7. The number of nitrogens with two attached hydrogens (primary N) is 1. The van der Waals surface area contributed by atoms with Crippen molar-refractivity contribution in [3.63, 3.8) is 0 Å². The number of carboxylic acid groups (broad SMARTS) is 1. The zero-order chi connectivity index (χ0) is 10.6. The summed E-state index contributed by atoms with van der Waals surface area (Å²) in [5, 5.41) is 8.60. The van der Waals surface area contributed by atoms with E-state index in [1.807, 2.05) is 31.2 Å². The van der Waals surface area contributed by atoms with Gasteiger partial charge in [-0.1, -0.05) is 29.8 Å². The van der Waals surface area contributed by atoms with Gasteiger partial charge in [0, 0.05) is 0 Å². The van der Waals surface area contributed by atoms with Gasteiger partial charge in [-0.05, 0) is 12.5 Å². The van der Waals surface area contributed by atoms with E-state index < -0.39 is 12.1 Å². The second-order valence-electron chi connectivity index (χ2n) is 3.13. The maximum Gasteiger partial charge on any atom is 0.306 e. The smallest absolute Gasteiger partial charge is 0.306 e. The summed E-state index contributed by atoms with van der Waals surface area (Å²) in [5.74, 6) is 4.10. The van der Waals surface area contributed by atoms with Crippen LogP contribution in [-0.2, 0) is 9.63 Å². The van der Waals surface area contributed by atoms with Gasteiger partial charge in [-0.15, -0.1) is 0 Å². The van der Waals surface area contributed by atoms with Gasteiger partial charge < -0.3 is 5.11 Å². The van der Waals surface area contributed by atoms with Gasteiger partial charge in [0.1, 0.15) is 6.10 Å². The highest BCUT2D eigenvalue weighted by Crippen LogP contribution is 2.19. The Kier molecular flexibility index (Phi) is 3.62. The molecule has 0 aromatic heterocycles. The molecule has 76 valence electrons. The predicted octanol–water partition coefficient (Wildman–Crippen LogP) is 1.40. The minimum absolute atomic E-state index is 0.125. The van der Waals surface area contributed by atoms with Crippen LogP contribution in [0.2, 0.25) is 0 Å². The molecule has 4 nitrogen and oxygen atoms in total. The van der Waals surface area contributed by atoms with Crippen molar-refractivity contribution in [2.75, 3.05) is 0 Å². The van der Waals surface area contributed by atoms with E-state index in [0.29, 0.717) is 0 Å². The van der Waals surface area contributed by atoms with E-state index in [1.165, 1.54) is 0 Å². The zero-order valence-electron chi connectivity index (χ0n) is 7.93. The van der Waals surface area contributed by atoms with Gasteiger partial charge in [-0.2, -0.15) is 0 Å². The number of hydrogen-bond donors (Lipinski definition) is 2. The number of benzene rings is 1. The average molecular weight is 195 g/mol. The van der Waals surface area contributed by atoms with Crippen molar-refractivity contribution in [3.8, 4) is 0 Å². The van der Waals surface area contributed by atoms with Gasteiger partial charge in [0.15, 0.2) is 0 Å². The van der Waals surface area contributed by atoms with Gasteiger partial charge in [-0.25, -0.2) is 5.90 Å². The SMILES string of the molecule is Cc1ccc(C(CC(=O)O)ON)cc1. The molecule has 0 aliphatic heterocycles. The molecule has 14 heavy (non-hydrogen) atoms. The predicted molar refractivity (Wildman–Crippen MR) is 51.4 cm³/mol. The molecule has 1 atom stereocenters. The second kappa shape index (κ2) is 4.74. The van der Waals surface area contributed by atoms with Crippen molar-refractivity contribution in [2.45, 2.75) is 19.4 Å². The quantitative estimate of drug-likeness (QED) is 0.712. The summed E-state index contributed by atoms with van der Waals surface area (Å²) in [6, 6.07) is 7.41. The van der Waals surface area contributed by atoms with E-state index in [2.05, 4.69) is 4.84 Å². The molecule has 0 aliphatic rings. The summed E-state index contributed by atoms with van der Waals surface area (Å²) in [7, 11) is 0. The van der Waals surface area contributed by atoms with E-state index >= 15 is 0 Å². The van der Waals surface area contributed by atoms with E-state index in [-0.39, 0.29) is 6.42 Å². The number of rotatable bonds is 4. The number of aryl methyl sites for hydroxylation is 1. The topological polar surface area (TPSA) is 72.5 Å². The third kappa shape index (κ3) is 2.83. The first-order valence-corrected chi connectivity index (χ1v) is 4.27. The van der Waals surface area contributed by atoms with Crippen molar-refractivity contribution in [1.29, 1.82) is 0 Å². The highest BCUT2D eigenvalue weighted by atomic mass is 16.6. The number of carboxylic acids is 1. The highest BCUT2D eigenvalue weighted by Gasteiger charge is 2.14. The van der Waals surface area contributed by atoms with E-state index in [9.17, 15) is 4.79 Å². The standard InChI is InChI=1S/C10H13NO3/c1-7-2-4-8(5-3-7)9(14-11)6-10(12)13/h2-5,9H,6,11H2,1H3,(H,12,13). The molecule has 0 bridgehead atoms. The lowest BCUT2D eigenvalue weighted by molar-refractivity contribution is -0.140. The van der Waals surface area contributed by atoms with E-state index in [1.54, 1.807) is 0 Å². The van der Waals surface area contributed by atoms with Crippen LogP contribution in [0.5, 0.6) is 0 Å². The molecule has 3 N–H and O–H groups in total. The zero-order valence-corrected chi connectivity index (χ0v) is 7.93. The molecule has 0 saturated heterocycles. The molecule has 0 heterocycles. The Bertz CT molecular complexity index is 308. The van der Waals surface area contributed by atoms with Gasteiger partial charge in [0.05, 0.1) is 6.42 Å². The summed E-state index contributed by atoms with van der Waals surface area (Å²) >= 11 is 0. The summed E-state index contributed by atoms with van der Waals surface area (Å²) in [6.45, 7) is 1.96. The largest absolute Gasteiger partial charge is 0.481 e. The Balaban J connectivity index is 2.78. The lowest BCUT2D eigenvalue weighted by atomic mass is 10.1. The molecule has 0 saturated carbocycles. The van der Waals surface area contributed by atoms with Crippen LogP contribution in [0.1, 0.15) is 23.7 Å². The van der Waals surface area contributed by atoms with Crippen molar-refractivity contribution >= 4 is 5.97 Å². The minimum atomic E-state index is -0.930.